The largest absolute Gasteiger partial charge is 0.490 e. The van der Waals surface area contributed by atoms with E-state index in [0.717, 1.165) is 18.2 Å². The van der Waals surface area contributed by atoms with Crippen LogP contribution < -0.4 is 18.9 Å². The summed E-state index contributed by atoms with van der Waals surface area (Å²) in [5.74, 6) is -7.35. The summed E-state index contributed by atoms with van der Waals surface area (Å²) in [6.45, 7) is -0.385. The summed E-state index contributed by atoms with van der Waals surface area (Å²) < 4.78 is 176. The molecule has 6 atom stereocenters. The van der Waals surface area contributed by atoms with Gasteiger partial charge in [0.05, 0.1) is 50.7 Å². The molecule has 12 nitrogen and oxygen atoms in total. The van der Waals surface area contributed by atoms with Gasteiger partial charge in [0, 0.05) is 21.9 Å². The number of halogens is 7. The molecule has 4 aromatic carbocycles. The average molecular weight is 1050 g/mol. The maximum absolute atomic E-state index is 15.4. The molecule has 2 saturated carbocycles. The zero-order chi connectivity index (χ0) is 47.5. The molecule has 4 aromatic rings. The smallest absolute Gasteiger partial charge is 0.211 e. The van der Waals surface area contributed by atoms with Crippen molar-refractivity contribution in [2.45, 2.75) is 57.8 Å². The zero-order valence-corrected chi connectivity index (χ0v) is 40.1. The van der Waals surface area contributed by atoms with E-state index in [4.69, 9.17) is 44.3 Å². The van der Waals surface area contributed by atoms with Crippen molar-refractivity contribution >= 4 is 74.5 Å². The van der Waals surface area contributed by atoms with Crippen LogP contribution in [0.3, 0.4) is 0 Å². The van der Waals surface area contributed by atoms with E-state index < -0.39 is 112 Å². The monoisotopic (exact) mass is 1040 g/mol. The van der Waals surface area contributed by atoms with Crippen molar-refractivity contribution in [3.05, 3.63) is 116 Å². The maximum atomic E-state index is 15.4. The molecule has 2 N–H and O–H groups in total. The lowest BCUT2D eigenvalue weighted by atomic mass is 9.69. The summed E-state index contributed by atoms with van der Waals surface area (Å²) >= 11 is 17.8. The fourth-order valence-corrected chi connectivity index (χ4v) is 17.3. The second-order valence-corrected chi connectivity index (χ2v) is 26.2. The molecule has 0 spiro atoms. The molecule has 0 unspecified atom stereocenters. The fourth-order valence-electron chi connectivity index (χ4n) is 9.98. The number of rotatable bonds is 10. The molecule has 8 rings (SSSR count). The number of nitrogens with one attached hydrogen (secondary N) is 2. The molecule has 0 amide bonds. The number of sulfonamides is 2. The van der Waals surface area contributed by atoms with Gasteiger partial charge in [-0.2, -0.15) is 0 Å². The lowest BCUT2D eigenvalue weighted by molar-refractivity contribution is 0.103. The average Bonchev–Trinajstić information content (AvgIpc) is 3.26. The Hall–Kier alpha value is -3.21. The van der Waals surface area contributed by atoms with Crippen LogP contribution in [0.25, 0.3) is 0 Å². The van der Waals surface area contributed by atoms with Gasteiger partial charge in [-0.15, -0.1) is 0 Å². The van der Waals surface area contributed by atoms with E-state index in [1.807, 2.05) is 0 Å². The topological polar surface area (TPSA) is 179 Å². The number of fused-ring (bicyclic) bond motifs is 6. The van der Waals surface area contributed by atoms with Crippen molar-refractivity contribution in [2.24, 2.45) is 23.7 Å². The first-order valence-corrected chi connectivity index (χ1v) is 27.6. The van der Waals surface area contributed by atoms with E-state index in [9.17, 15) is 42.5 Å². The van der Waals surface area contributed by atoms with Gasteiger partial charge in [-0.05, 0) is 131 Å². The maximum Gasteiger partial charge on any atom is 0.211 e. The van der Waals surface area contributed by atoms with Gasteiger partial charge < -0.3 is 9.47 Å². The van der Waals surface area contributed by atoms with Crippen LogP contribution in [0.1, 0.15) is 49.7 Å². The summed E-state index contributed by atoms with van der Waals surface area (Å²) in [4.78, 5) is -0.171. The number of benzene rings is 4. The molecule has 4 aliphatic rings. The predicted octanol–water partition coefficient (Wildman–Crippen LogP) is 7.94. The molecule has 2 aliphatic heterocycles. The zero-order valence-electron chi connectivity index (χ0n) is 34.6. The van der Waals surface area contributed by atoms with Crippen LogP contribution in [0.5, 0.6) is 11.5 Å². The first kappa shape index (κ1) is 49.7. The Kier molecular flexibility index (Phi) is 14.0. The third kappa shape index (κ3) is 8.88. The van der Waals surface area contributed by atoms with Crippen LogP contribution in [0.4, 0.5) is 17.6 Å². The lowest BCUT2D eigenvalue weighted by Crippen LogP contribution is -2.53. The standard InChI is InChI=1S/C21H21Cl2F2NO5S2.C21H22ClF2NO5S2/c1-26-32(27,28)11-12-6-7-21(33(29,30)15-4-2-14(22)3-5-15)13(8-12)10-31-20-17(24)9-16(23)19(25)18(20)21;1-25-31(26,27)12-13-8-9-21(32(28,29)16-4-2-15(22)3-5-16)14(10-13)11-30-20-18(24)7-6-17(23)19(20)21/h2-5,9,12-13,26H,6-8,10-11H2,1H3;2-7,13-14,25H,8-12H2,1H3/t12-,13-,21+;13-,14-,21+/m11/s1. The SMILES string of the molecule is CNS(=O)(=O)C[C@@H]1CC[C@@]2(S(=O)(=O)c3ccc(Cl)cc3)c3c(F)c(Cl)cc(F)c3OC[C@H]2C1.CNS(=O)(=O)C[C@@H]1CC[C@@]2(S(=O)(=O)c3ccc(Cl)cc3)c3c(F)ccc(F)c3OC[C@H]2C1. The molecular weight excluding hydrogens is 1000 g/mol. The van der Waals surface area contributed by atoms with Crippen LogP contribution in [0.15, 0.2) is 76.5 Å². The molecule has 65 heavy (non-hydrogen) atoms. The van der Waals surface area contributed by atoms with E-state index in [2.05, 4.69) is 9.44 Å². The highest BCUT2D eigenvalue weighted by Gasteiger charge is 2.61. The van der Waals surface area contributed by atoms with Gasteiger partial charge in [0.1, 0.15) is 15.3 Å². The van der Waals surface area contributed by atoms with Gasteiger partial charge in [0.25, 0.3) is 0 Å². The van der Waals surface area contributed by atoms with Gasteiger partial charge in [-0.1, -0.05) is 34.8 Å². The van der Waals surface area contributed by atoms with Crippen molar-refractivity contribution in [3.63, 3.8) is 0 Å². The van der Waals surface area contributed by atoms with Crippen LogP contribution >= 0.6 is 34.8 Å². The molecule has 23 heteroatoms. The molecule has 0 bridgehead atoms. The third-order valence-electron chi connectivity index (χ3n) is 13.0. The molecule has 0 aromatic heterocycles. The predicted molar refractivity (Wildman–Crippen MR) is 237 cm³/mol. The summed E-state index contributed by atoms with van der Waals surface area (Å²) in [7, 11) is -13.0. The van der Waals surface area contributed by atoms with Crippen LogP contribution in [-0.2, 0) is 49.2 Å². The molecule has 354 valence electrons. The lowest BCUT2D eigenvalue weighted by Gasteiger charge is -2.49. The number of sulfone groups is 2. The Morgan fingerprint density at radius 2 is 0.985 bits per heavy atom. The molecule has 2 aliphatic carbocycles. The van der Waals surface area contributed by atoms with E-state index in [0.29, 0.717) is 10.0 Å². The highest BCUT2D eigenvalue weighted by molar-refractivity contribution is 7.93. The van der Waals surface area contributed by atoms with Crippen molar-refractivity contribution < 1.29 is 60.7 Å². The number of hydrogen-bond donors (Lipinski definition) is 2. The third-order valence-corrected chi connectivity index (χ3v) is 22.1. The van der Waals surface area contributed by atoms with Crippen molar-refractivity contribution in [1.82, 2.24) is 9.44 Å². The minimum atomic E-state index is -4.31. The van der Waals surface area contributed by atoms with Gasteiger partial charge in [0.15, 0.2) is 48.6 Å². The van der Waals surface area contributed by atoms with Gasteiger partial charge >= 0.3 is 0 Å². The van der Waals surface area contributed by atoms with Crippen LogP contribution in [0, 0.1) is 46.9 Å². The Morgan fingerprint density at radius 1 is 0.585 bits per heavy atom. The van der Waals surface area contributed by atoms with E-state index >= 15 is 8.78 Å². The fraction of sp³-hybridized carbons (Fsp3) is 0.429. The minimum Gasteiger partial charge on any atom is -0.490 e. The Balaban J connectivity index is 0.000000194. The quantitative estimate of drug-likeness (QED) is 0.117. The normalized spacial score (nSPS) is 25.3. The Bertz CT molecular complexity index is 2950. The summed E-state index contributed by atoms with van der Waals surface area (Å²) in [6, 6.07) is 13.5. The van der Waals surface area contributed by atoms with Gasteiger partial charge in [0.2, 0.25) is 20.0 Å². The highest BCUT2D eigenvalue weighted by atomic mass is 35.5. The second kappa shape index (κ2) is 18.4. The van der Waals surface area contributed by atoms with Crippen molar-refractivity contribution in [1.29, 1.82) is 0 Å². The van der Waals surface area contributed by atoms with Gasteiger partial charge in [-0.25, -0.2) is 60.7 Å². The molecule has 2 heterocycles. The summed E-state index contributed by atoms with van der Waals surface area (Å²) in [6.07, 6.45) is 0.476. The van der Waals surface area contributed by atoms with E-state index in [1.165, 1.54) is 62.6 Å². The highest BCUT2D eigenvalue weighted by Crippen LogP contribution is 2.59. The van der Waals surface area contributed by atoms with E-state index in [-0.39, 0.29) is 84.5 Å². The summed E-state index contributed by atoms with van der Waals surface area (Å²) in [5, 5.41) is 0.0984. The number of ether oxygens (including phenoxy) is 2. The van der Waals surface area contributed by atoms with Crippen molar-refractivity contribution in [2.75, 3.05) is 38.8 Å². The van der Waals surface area contributed by atoms with E-state index in [1.54, 1.807) is 0 Å². The van der Waals surface area contributed by atoms with Crippen molar-refractivity contribution in [3.8, 4) is 11.5 Å². The Labute approximate surface area is 390 Å². The van der Waals surface area contributed by atoms with Crippen LogP contribution in [-0.4, -0.2) is 72.5 Å². The summed E-state index contributed by atoms with van der Waals surface area (Å²) in [5.41, 5.74) is -0.757. The Morgan fingerprint density at radius 3 is 1.42 bits per heavy atom. The first-order valence-electron chi connectivity index (χ1n) is 20.2. The minimum absolute atomic E-state index is 0.0651. The molecule has 0 saturated heterocycles. The first-order chi connectivity index (χ1) is 30.4. The number of hydrogen-bond acceptors (Lipinski definition) is 10. The molecule has 0 radical (unpaired) electrons. The van der Waals surface area contributed by atoms with Gasteiger partial charge in [-0.3, -0.25) is 0 Å². The second-order valence-electron chi connectivity index (χ2n) is 16.6. The van der Waals surface area contributed by atoms with Crippen LogP contribution in [0.2, 0.25) is 15.1 Å². The molecule has 2 fully saturated rings. The molecular formula is C42H43Cl3F4N2O10S4.